The molecule has 3 atom stereocenters. The minimum atomic E-state index is -0.144. The van der Waals surface area contributed by atoms with Crippen LogP contribution in [-0.2, 0) is 4.79 Å². The van der Waals surface area contributed by atoms with Crippen molar-refractivity contribution in [1.29, 1.82) is 0 Å². The quantitative estimate of drug-likeness (QED) is 0.920. The van der Waals surface area contributed by atoms with Crippen molar-refractivity contribution >= 4 is 5.91 Å². The number of benzene rings is 1. The van der Waals surface area contributed by atoms with Crippen molar-refractivity contribution in [3.8, 4) is 0 Å². The summed E-state index contributed by atoms with van der Waals surface area (Å²) in [5.41, 5.74) is 8.98. The molecule has 26 heavy (non-hydrogen) atoms. The Hall–Kier alpha value is -2.27. The van der Waals surface area contributed by atoms with Gasteiger partial charge in [0, 0.05) is 31.4 Å². The molecule has 1 aromatic heterocycles. The number of rotatable bonds is 4. The third-order valence-corrected chi connectivity index (χ3v) is 5.94. The van der Waals surface area contributed by atoms with Gasteiger partial charge in [0.15, 0.2) is 0 Å². The molecule has 1 aliphatic heterocycles. The molecule has 0 spiro atoms. The van der Waals surface area contributed by atoms with E-state index in [1.165, 1.54) is 11.1 Å². The molecule has 5 heteroatoms. The molecule has 2 aliphatic rings. The van der Waals surface area contributed by atoms with E-state index in [2.05, 4.69) is 41.2 Å². The molecular formula is C21H26N4O. The maximum Gasteiger partial charge on any atom is 0.226 e. The van der Waals surface area contributed by atoms with Gasteiger partial charge < -0.3 is 10.6 Å². The van der Waals surface area contributed by atoms with E-state index < -0.39 is 0 Å². The highest BCUT2D eigenvalue weighted by Gasteiger charge is 2.46. The second-order valence-electron chi connectivity index (χ2n) is 7.60. The van der Waals surface area contributed by atoms with Gasteiger partial charge in [-0.1, -0.05) is 24.3 Å². The van der Waals surface area contributed by atoms with Gasteiger partial charge in [-0.15, -0.1) is 0 Å². The lowest BCUT2D eigenvalue weighted by atomic mass is 9.89. The van der Waals surface area contributed by atoms with Crippen LogP contribution < -0.4 is 5.73 Å². The summed E-state index contributed by atoms with van der Waals surface area (Å²) in [6.07, 6.45) is 6.31. The van der Waals surface area contributed by atoms with Crippen LogP contribution in [-0.4, -0.2) is 33.9 Å². The number of nitrogens with zero attached hydrogens (tertiary/aromatic N) is 3. The van der Waals surface area contributed by atoms with E-state index in [9.17, 15) is 4.79 Å². The van der Waals surface area contributed by atoms with Crippen molar-refractivity contribution in [3.63, 3.8) is 0 Å². The SMILES string of the molecule is Cc1ccccc1C1CC1C(=O)N1CCC(C(N)c2ncccn2)CC1. The highest BCUT2D eigenvalue weighted by Crippen LogP contribution is 2.49. The minimum Gasteiger partial charge on any atom is -0.342 e. The van der Waals surface area contributed by atoms with Crippen LogP contribution in [0.2, 0.25) is 0 Å². The number of aromatic nitrogens is 2. The number of piperidine rings is 1. The highest BCUT2D eigenvalue weighted by molar-refractivity contribution is 5.83. The first kappa shape index (κ1) is 17.2. The number of carbonyl (C=O) groups is 1. The van der Waals surface area contributed by atoms with Gasteiger partial charge in [-0.3, -0.25) is 4.79 Å². The van der Waals surface area contributed by atoms with E-state index in [4.69, 9.17) is 5.73 Å². The Morgan fingerprint density at radius 3 is 2.54 bits per heavy atom. The average Bonchev–Trinajstić information content (AvgIpc) is 3.48. The Kier molecular flexibility index (Phi) is 4.72. The van der Waals surface area contributed by atoms with E-state index >= 15 is 0 Å². The van der Waals surface area contributed by atoms with Gasteiger partial charge in [-0.2, -0.15) is 0 Å². The molecular weight excluding hydrogens is 324 g/mol. The van der Waals surface area contributed by atoms with Crippen molar-refractivity contribution < 1.29 is 4.79 Å². The number of amides is 1. The summed E-state index contributed by atoms with van der Waals surface area (Å²) in [7, 11) is 0. The Balaban J connectivity index is 1.33. The van der Waals surface area contributed by atoms with E-state index in [1.807, 2.05) is 4.90 Å². The molecule has 2 fully saturated rings. The maximum absolute atomic E-state index is 12.9. The van der Waals surface area contributed by atoms with Crippen LogP contribution in [0.15, 0.2) is 42.7 Å². The van der Waals surface area contributed by atoms with Crippen molar-refractivity contribution in [2.24, 2.45) is 17.6 Å². The van der Waals surface area contributed by atoms with Gasteiger partial charge in [0.05, 0.1) is 6.04 Å². The van der Waals surface area contributed by atoms with Gasteiger partial charge in [0.25, 0.3) is 0 Å². The largest absolute Gasteiger partial charge is 0.342 e. The fraction of sp³-hybridized carbons (Fsp3) is 0.476. The van der Waals surface area contributed by atoms with Crippen LogP contribution in [0.5, 0.6) is 0 Å². The first-order valence-electron chi connectivity index (χ1n) is 9.52. The summed E-state index contributed by atoms with van der Waals surface area (Å²) in [4.78, 5) is 23.5. The van der Waals surface area contributed by atoms with Crippen LogP contribution in [0.25, 0.3) is 0 Å². The normalized spacial score (nSPS) is 24.3. The lowest BCUT2D eigenvalue weighted by Crippen LogP contribution is -2.42. The van der Waals surface area contributed by atoms with E-state index in [0.717, 1.165) is 32.4 Å². The van der Waals surface area contributed by atoms with E-state index in [1.54, 1.807) is 18.5 Å². The van der Waals surface area contributed by atoms with Crippen LogP contribution >= 0.6 is 0 Å². The van der Waals surface area contributed by atoms with Crippen LogP contribution in [0.4, 0.5) is 0 Å². The number of hydrogen-bond acceptors (Lipinski definition) is 4. The van der Waals surface area contributed by atoms with Crippen molar-refractivity contribution in [1.82, 2.24) is 14.9 Å². The monoisotopic (exact) mass is 350 g/mol. The zero-order valence-electron chi connectivity index (χ0n) is 15.2. The van der Waals surface area contributed by atoms with Crippen LogP contribution in [0, 0.1) is 18.8 Å². The van der Waals surface area contributed by atoms with Gasteiger partial charge in [0.1, 0.15) is 5.82 Å². The summed E-state index contributed by atoms with van der Waals surface area (Å²) in [6, 6.07) is 10.1. The fourth-order valence-electron chi connectivity index (χ4n) is 4.22. The maximum atomic E-state index is 12.9. The standard InChI is InChI=1S/C21H26N4O/c1-14-5-2-3-6-16(14)17-13-18(17)21(26)25-11-7-15(8-12-25)19(22)20-23-9-4-10-24-20/h2-6,9-10,15,17-19H,7-8,11-13,22H2,1H3. The lowest BCUT2D eigenvalue weighted by molar-refractivity contribution is -0.134. The molecule has 1 aliphatic carbocycles. The molecule has 1 saturated carbocycles. The molecule has 4 rings (SSSR count). The zero-order valence-corrected chi connectivity index (χ0v) is 15.2. The number of aryl methyl sites for hydroxylation is 1. The molecule has 0 radical (unpaired) electrons. The van der Waals surface area contributed by atoms with Gasteiger partial charge in [-0.05, 0) is 55.2 Å². The number of nitrogens with two attached hydrogens (primary N) is 1. The zero-order chi connectivity index (χ0) is 18.1. The molecule has 3 unspecified atom stereocenters. The second kappa shape index (κ2) is 7.16. The third kappa shape index (κ3) is 3.36. The van der Waals surface area contributed by atoms with E-state index in [0.29, 0.717) is 23.6 Å². The van der Waals surface area contributed by atoms with Gasteiger partial charge in [-0.25, -0.2) is 9.97 Å². The predicted octanol–water partition coefficient (Wildman–Crippen LogP) is 2.83. The molecule has 2 aromatic rings. The topological polar surface area (TPSA) is 72.1 Å². The van der Waals surface area contributed by atoms with Gasteiger partial charge in [0.2, 0.25) is 5.91 Å². The molecule has 2 N–H and O–H groups in total. The summed E-state index contributed by atoms with van der Waals surface area (Å²) in [6.45, 7) is 3.72. The smallest absolute Gasteiger partial charge is 0.226 e. The second-order valence-corrected chi connectivity index (χ2v) is 7.60. The molecule has 2 heterocycles. The Bertz CT molecular complexity index is 771. The molecule has 136 valence electrons. The number of likely N-dealkylation sites (tertiary alicyclic amines) is 1. The summed E-state index contributed by atoms with van der Waals surface area (Å²) in [5.74, 6) is 1.94. The highest BCUT2D eigenvalue weighted by atomic mass is 16.2. The molecule has 5 nitrogen and oxygen atoms in total. The van der Waals surface area contributed by atoms with Crippen molar-refractivity contribution in [3.05, 3.63) is 59.7 Å². The first-order chi connectivity index (χ1) is 12.6. The van der Waals surface area contributed by atoms with Crippen LogP contribution in [0.1, 0.15) is 48.2 Å². The van der Waals surface area contributed by atoms with Crippen molar-refractivity contribution in [2.75, 3.05) is 13.1 Å². The molecule has 1 aromatic carbocycles. The van der Waals surface area contributed by atoms with Crippen LogP contribution in [0.3, 0.4) is 0 Å². The fourth-order valence-corrected chi connectivity index (χ4v) is 4.22. The predicted molar refractivity (Wildman–Crippen MR) is 100 cm³/mol. The first-order valence-corrected chi connectivity index (χ1v) is 9.52. The summed E-state index contributed by atoms with van der Waals surface area (Å²) in [5, 5.41) is 0. The summed E-state index contributed by atoms with van der Waals surface area (Å²) >= 11 is 0. The number of carbonyl (C=O) groups excluding carboxylic acids is 1. The molecule has 0 bridgehead atoms. The third-order valence-electron chi connectivity index (χ3n) is 5.94. The Labute approximate surface area is 154 Å². The Morgan fingerprint density at radius 2 is 1.85 bits per heavy atom. The van der Waals surface area contributed by atoms with Crippen molar-refractivity contribution in [2.45, 2.75) is 38.1 Å². The Morgan fingerprint density at radius 1 is 1.15 bits per heavy atom. The molecule has 1 saturated heterocycles. The minimum absolute atomic E-state index is 0.144. The number of hydrogen-bond donors (Lipinski definition) is 1. The van der Waals surface area contributed by atoms with Gasteiger partial charge >= 0.3 is 0 Å². The molecule has 1 amide bonds. The average molecular weight is 350 g/mol. The lowest BCUT2D eigenvalue weighted by Gasteiger charge is -2.34. The van der Waals surface area contributed by atoms with E-state index in [-0.39, 0.29) is 12.0 Å². The summed E-state index contributed by atoms with van der Waals surface area (Å²) < 4.78 is 0.